The number of nitro benzene ring substituents is 1. The van der Waals surface area contributed by atoms with Crippen molar-refractivity contribution in [3.05, 3.63) is 79.8 Å². The highest BCUT2D eigenvalue weighted by Crippen LogP contribution is 2.36. The highest BCUT2D eigenvalue weighted by molar-refractivity contribution is 7.10. The van der Waals surface area contributed by atoms with E-state index in [2.05, 4.69) is 48.1 Å². The minimum Gasteiger partial charge on any atom is -0.322 e. The molecule has 1 aliphatic rings. The van der Waals surface area contributed by atoms with Gasteiger partial charge >= 0.3 is 0 Å². The number of amides is 1. The van der Waals surface area contributed by atoms with Gasteiger partial charge in [0.2, 0.25) is 5.82 Å². The summed E-state index contributed by atoms with van der Waals surface area (Å²) in [6.07, 6.45) is 3.64. The summed E-state index contributed by atoms with van der Waals surface area (Å²) >= 11 is 1.53. The van der Waals surface area contributed by atoms with Gasteiger partial charge in [-0.1, -0.05) is 18.4 Å². The molecule has 1 fully saturated rings. The number of hydrogen-bond donors (Lipinski definition) is 2. The molecule has 168 valence electrons. The van der Waals surface area contributed by atoms with Crippen LogP contribution in [-0.4, -0.2) is 36.4 Å². The molecule has 5 rings (SSSR count). The number of aromatic amines is 1. The van der Waals surface area contributed by atoms with E-state index in [1.54, 1.807) is 18.2 Å². The monoisotopic (exact) mass is 471 g/mol. The molecule has 0 radical (unpaired) electrons. The van der Waals surface area contributed by atoms with Gasteiger partial charge in [-0.15, -0.1) is 21.5 Å². The summed E-state index contributed by atoms with van der Waals surface area (Å²) in [5.41, 5.74) is 2.22. The number of carbonyl (C=O) groups is 1. The van der Waals surface area contributed by atoms with Crippen LogP contribution in [0.5, 0.6) is 0 Å². The predicted octanol–water partition coefficient (Wildman–Crippen LogP) is 4.15. The van der Waals surface area contributed by atoms with E-state index >= 15 is 0 Å². The second-order valence-corrected chi connectivity index (χ2v) is 8.57. The quantitative estimate of drug-likeness (QED) is 0.253. The van der Waals surface area contributed by atoms with Crippen LogP contribution in [0.2, 0.25) is 0 Å². The van der Waals surface area contributed by atoms with E-state index in [1.807, 2.05) is 6.07 Å². The van der Waals surface area contributed by atoms with Crippen molar-refractivity contribution >= 4 is 28.6 Å². The topological polar surface area (TPSA) is 140 Å². The van der Waals surface area contributed by atoms with Crippen LogP contribution in [-0.2, 0) is 0 Å². The first-order valence-corrected chi connectivity index (χ1v) is 11.4. The summed E-state index contributed by atoms with van der Waals surface area (Å²) in [6.45, 7) is 0. The van der Waals surface area contributed by atoms with E-state index in [0.717, 1.165) is 10.7 Å². The summed E-state index contributed by atoms with van der Waals surface area (Å²) in [5.74, 6) is 6.30. The second kappa shape index (κ2) is 9.21. The maximum atomic E-state index is 12.8. The maximum Gasteiger partial charge on any atom is 0.282 e. The lowest BCUT2D eigenvalue weighted by Gasteiger charge is -2.22. The van der Waals surface area contributed by atoms with Crippen LogP contribution in [0.4, 0.5) is 11.4 Å². The van der Waals surface area contributed by atoms with Crippen LogP contribution < -0.4 is 5.32 Å². The first-order valence-electron chi connectivity index (χ1n) is 10.5. The smallest absolute Gasteiger partial charge is 0.282 e. The van der Waals surface area contributed by atoms with Crippen LogP contribution in [0.15, 0.2) is 47.8 Å². The Hall–Kier alpha value is -4.43. The molecule has 10 nitrogen and oxygen atoms in total. The van der Waals surface area contributed by atoms with E-state index in [0.29, 0.717) is 22.7 Å². The SMILES string of the molecule is O=C(Nc1cccc(C#Cc2nc(C3CCC3)cs2)c1)c1ccc(-c2nn[nH]n2)cc1[N+](=O)[O-]. The Bertz CT molecular complexity index is 1430. The van der Waals surface area contributed by atoms with Gasteiger partial charge < -0.3 is 5.32 Å². The summed E-state index contributed by atoms with van der Waals surface area (Å²) in [5, 5.41) is 30.5. The molecular weight excluding hydrogens is 454 g/mol. The van der Waals surface area contributed by atoms with Crippen LogP contribution in [0, 0.1) is 22.0 Å². The Kier molecular flexibility index (Phi) is 5.80. The molecule has 1 aliphatic carbocycles. The number of aromatic nitrogens is 5. The summed E-state index contributed by atoms with van der Waals surface area (Å²) in [6, 6.07) is 11.1. The third-order valence-electron chi connectivity index (χ3n) is 5.52. The first kappa shape index (κ1) is 21.4. The highest BCUT2D eigenvalue weighted by atomic mass is 32.1. The van der Waals surface area contributed by atoms with Crippen LogP contribution >= 0.6 is 11.3 Å². The summed E-state index contributed by atoms with van der Waals surface area (Å²) < 4.78 is 0. The highest BCUT2D eigenvalue weighted by Gasteiger charge is 2.23. The Morgan fingerprint density at radius 1 is 1.21 bits per heavy atom. The maximum absolute atomic E-state index is 12.8. The first-order chi connectivity index (χ1) is 16.6. The minimum atomic E-state index is -0.619. The average Bonchev–Trinajstić information content (AvgIpc) is 3.49. The van der Waals surface area contributed by atoms with Crippen molar-refractivity contribution in [3.8, 4) is 23.2 Å². The molecule has 0 saturated heterocycles. The molecule has 0 aliphatic heterocycles. The lowest BCUT2D eigenvalue weighted by molar-refractivity contribution is -0.385. The van der Waals surface area contributed by atoms with Crippen molar-refractivity contribution in [2.24, 2.45) is 0 Å². The van der Waals surface area contributed by atoms with Gasteiger partial charge in [-0.2, -0.15) is 5.21 Å². The van der Waals surface area contributed by atoms with Crippen LogP contribution in [0.25, 0.3) is 11.4 Å². The zero-order chi connectivity index (χ0) is 23.5. The molecule has 0 bridgehead atoms. The zero-order valence-electron chi connectivity index (χ0n) is 17.7. The number of rotatable bonds is 5. The zero-order valence-corrected chi connectivity index (χ0v) is 18.5. The fourth-order valence-corrected chi connectivity index (χ4v) is 4.28. The molecule has 0 atom stereocenters. The summed E-state index contributed by atoms with van der Waals surface area (Å²) in [4.78, 5) is 28.4. The molecule has 2 heterocycles. The lowest BCUT2D eigenvalue weighted by atomic mass is 9.83. The normalized spacial score (nSPS) is 12.9. The number of nitrogens with zero attached hydrogens (tertiary/aromatic N) is 5. The minimum absolute atomic E-state index is 0.0833. The van der Waals surface area contributed by atoms with E-state index in [4.69, 9.17) is 0 Å². The molecule has 1 amide bonds. The number of H-pyrrole nitrogens is 1. The van der Waals surface area contributed by atoms with Gasteiger partial charge in [0.25, 0.3) is 11.6 Å². The van der Waals surface area contributed by atoms with E-state index in [9.17, 15) is 14.9 Å². The van der Waals surface area contributed by atoms with Gasteiger partial charge in [0.05, 0.1) is 10.6 Å². The molecule has 2 aromatic carbocycles. The van der Waals surface area contributed by atoms with Crippen molar-refractivity contribution in [1.82, 2.24) is 25.6 Å². The van der Waals surface area contributed by atoms with Gasteiger partial charge in [-0.3, -0.25) is 14.9 Å². The van der Waals surface area contributed by atoms with E-state index < -0.39 is 10.8 Å². The molecule has 2 aromatic heterocycles. The predicted molar refractivity (Wildman–Crippen MR) is 125 cm³/mol. The standard InChI is InChI=1S/C23H17N7O3S/c31-23(18-9-8-16(12-20(18)30(32)33)22-26-28-29-27-22)24-17-6-1-3-14(11-17)7-10-21-25-19(13-34-21)15-4-2-5-15/h1,3,6,8-9,11-13,15H,2,4-5H2,(H,24,31)(H,26,27,28,29). The number of thiazole rings is 1. The summed E-state index contributed by atoms with van der Waals surface area (Å²) in [7, 11) is 0. The van der Waals surface area contributed by atoms with Gasteiger partial charge in [0.15, 0.2) is 5.01 Å². The Labute approximate surface area is 197 Å². The van der Waals surface area contributed by atoms with Crippen molar-refractivity contribution in [2.45, 2.75) is 25.2 Å². The molecule has 4 aromatic rings. The van der Waals surface area contributed by atoms with Gasteiger partial charge in [-0.05, 0) is 54.3 Å². The number of nitro groups is 1. The molecule has 2 N–H and O–H groups in total. The largest absolute Gasteiger partial charge is 0.322 e. The number of nitrogens with one attached hydrogen (secondary N) is 2. The Balaban J connectivity index is 1.33. The number of carbonyl (C=O) groups excluding carboxylic acids is 1. The third-order valence-corrected chi connectivity index (χ3v) is 6.30. The molecule has 1 saturated carbocycles. The van der Waals surface area contributed by atoms with Crippen LogP contribution in [0.1, 0.15) is 51.8 Å². The van der Waals surface area contributed by atoms with Crippen molar-refractivity contribution < 1.29 is 9.72 Å². The number of anilines is 1. The Morgan fingerprint density at radius 3 is 2.82 bits per heavy atom. The number of benzene rings is 2. The van der Waals surface area contributed by atoms with E-state index in [-0.39, 0.29) is 17.1 Å². The molecule has 34 heavy (non-hydrogen) atoms. The Morgan fingerprint density at radius 2 is 2.09 bits per heavy atom. The van der Waals surface area contributed by atoms with Crippen molar-refractivity contribution in [1.29, 1.82) is 0 Å². The lowest BCUT2D eigenvalue weighted by Crippen LogP contribution is -2.14. The fourth-order valence-electron chi connectivity index (χ4n) is 3.53. The van der Waals surface area contributed by atoms with Crippen LogP contribution in [0.3, 0.4) is 0 Å². The second-order valence-electron chi connectivity index (χ2n) is 7.71. The van der Waals surface area contributed by atoms with E-state index in [1.165, 1.54) is 48.8 Å². The molecule has 0 spiro atoms. The average molecular weight is 472 g/mol. The molecule has 11 heteroatoms. The van der Waals surface area contributed by atoms with Gasteiger partial charge in [-0.25, -0.2) is 4.98 Å². The number of tetrazole rings is 1. The van der Waals surface area contributed by atoms with Gasteiger partial charge in [0, 0.05) is 34.2 Å². The molecular formula is C23H17N7O3S. The third kappa shape index (κ3) is 4.53. The van der Waals surface area contributed by atoms with Crippen molar-refractivity contribution in [2.75, 3.05) is 5.32 Å². The van der Waals surface area contributed by atoms with Crippen molar-refractivity contribution in [3.63, 3.8) is 0 Å². The van der Waals surface area contributed by atoms with Gasteiger partial charge in [0.1, 0.15) is 5.56 Å². The number of hydrogen-bond acceptors (Lipinski definition) is 8. The fraction of sp³-hybridized carbons (Fsp3) is 0.174. The molecule has 0 unspecified atom stereocenters.